The molecule has 0 saturated carbocycles. The monoisotopic (exact) mass is 212 g/mol. The number of rotatable bonds is 2. The minimum absolute atomic E-state index is 0.0626. The molecule has 0 aromatic rings. The van der Waals surface area contributed by atoms with Crippen LogP contribution in [-0.2, 0) is 4.79 Å². The van der Waals surface area contributed by atoms with Gasteiger partial charge in [-0.05, 0) is 46.7 Å². The van der Waals surface area contributed by atoms with Crippen LogP contribution in [0.4, 0.5) is 0 Å². The first-order chi connectivity index (χ1) is 6.91. The van der Waals surface area contributed by atoms with Crippen LogP contribution in [0.5, 0.6) is 0 Å². The summed E-state index contributed by atoms with van der Waals surface area (Å²) in [4.78, 5) is 16.1. The molecule has 0 unspecified atom stereocenters. The number of piperidine rings is 1. The first-order valence-corrected chi connectivity index (χ1v) is 5.90. The summed E-state index contributed by atoms with van der Waals surface area (Å²) in [7, 11) is 1.90. The zero-order chi connectivity index (χ0) is 11.5. The van der Waals surface area contributed by atoms with Gasteiger partial charge in [0.25, 0.3) is 0 Å². The maximum atomic E-state index is 11.9. The van der Waals surface area contributed by atoms with Crippen molar-refractivity contribution in [2.75, 3.05) is 26.7 Å². The van der Waals surface area contributed by atoms with Crippen molar-refractivity contribution < 1.29 is 4.79 Å². The van der Waals surface area contributed by atoms with Crippen LogP contribution in [-0.4, -0.2) is 47.9 Å². The van der Waals surface area contributed by atoms with Gasteiger partial charge in [-0.1, -0.05) is 6.42 Å². The van der Waals surface area contributed by atoms with Crippen molar-refractivity contribution in [3.63, 3.8) is 0 Å². The number of nitrogens with zero attached hydrogens (tertiary/aromatic N) is 2. The first-order valence-electron chi connectivity index (χ1n) is 5.90. The predicted octanol–water partition coefficient (Wildman–Crippen LogP) is 1.73. The molecule has 0 aliphatic carbocycles. The Bertz CT molecular complexity index is 214. The fourth-order valence-corrected chi connectivity index (χ4v) is 1.79. The second-order valence-corrected chi connectivity index (χ2v) is 5.46. The molecular formula is C12H24N2O. The highest BCUT2D eigenvalue weighted by molar-refractivity contribution is 5.78. The van der Waals surface area contributed by atoms with Gasteiger partial charge in [0.2, 0.25) is 5.91 Å². The molecule has 1 aliphatic heterocycles. The number of carbonyl (C=O) groups is 1. The van der Waals surface area contributed by atoms with Gasteiger partial charge in [-0.15, -0.1) is 0 Å². The van der Waals surface area contributed by atoms with Gasteiger partial charge in [0.15, 0.2) is 0 Å². The molecule has 3 nitrogen and oxygen atoms in total. The van der Waals surface area contributed by atoms with Crippen molar-refractivity contribution in [1.29, 1.82) is 0 Å². The Morgan fingerprint density at radius 2 is 1.73 bits per heavy atom. The Labute approximate surface area is 93.4 Å². The SMILES string of the molecule is CN(C(=O)CN1CCCCC1)C(C)(C)C. The highest BCUT2D eigenvalue weighted by Gasteiger charge is 2.24. The highest BCUT2D eigenvalue weighted by atomic mass is 16.2. The smallest absolute Gasteiger partial charge is 0.236 e. The van der Waals surface area contributed by atoms with Crippen molar-refractivity contribution in [2.24, 2.45) is 0 Å². The average Bonchev–Trinajstić information content (AvgIpc) is 2.16. The number of carbonyl (C=O) groups excluding carboxylic acids is 1. The molecule has 1 fully saturated rings. The van der Waals surface area contributed by atoms with Crippen molar-refractivity contribution >= 4 is 5.91 Å². The van der Waals surface area contributed by atoms with Crippen LogP contribution in [0, 0.1) is 0 Å². The Hall–Kier alpha value is -0.570. The molecule has 88 valence electrons. The van der Waals surface area contributed by atoms with E-state index in [4.69, 9.17) is 0 Å². The number of amides is 1. The van der Waals surface area contributed by atoms with E-state index in [1.165, 1.54) is 19.3 Å². The molecule has 1 saturated heterocycles. The van der Waals surface area contributed by atoms with Crippen LogP contribution in [0.15, 0.2) is 0 Å². The van der Waals surface area contributed by atoms with Crippen molar-refractivity contribution in [2.45, 2.75) is 45.6 Å². The minimum Gasteiger partial charge on any atom is -0.340 e. The molecule has 15 heavy (non-hydrogen) atoms. The standard InChI is InChI=1S/C12H24N2O/c1-12(2,3)13(4)11(15)10-14-8-6-5-7-9-14/h5-10H2,1-4H3. The highest BCUT2D eigenvalue weighted by Crippen LogP contribution is 2.13. The molecule has 1 heterocycles. The van der Waals surface area contributed by atoms with Crippen LogP contribution < -0.4 is 0 Å². The van der Waals surface area contributed by atoms with E-state index in [0.29, 0.717) is 6.54 Å². The van der Waals surface area contributed by atoms with Crippen LogP contribution in [0.25, 0.3) is 0 Å². The second kappa shape index (κ2) is 4.97. The lowest BCUT2D eigenvalue weighted by Crippen LogP contribution is -2.48. The van der Waals surface area contributed by atoms with Gasteiger partial charge >= 0.3 is 0 Å². The molecule has 0 spiro atoms. The Morgan fingerprint density at radius 1 is 1.20 bits per heavy atom. The zero-order valence-corrected chi connectivity index (χ0v) is 10.5. The topological polar surface area (TPSA) is 23.6 Å². The van der Waals surface area contributed by atoms with Gasteiger partial charge in [0, 0.05) is 12.6 Å². The molecule has 3 heteroatoms. The van der Waals surface area contributed by atoms with E-state index in [9.17, 15) is 4.79 Å². The minimum atomic E-state index is -0.0626. The van der Waals surface area contributed by atoms with E-state index in [1.54, 1.807) is 0 Å². The fraction of sp³-hybridized carbons (Fsp3) is 0.917. The normalized spacial score (nSPS) is 18.9. The second-order valence-electron chi connectivity index (χ2n) is 5.46. The van der Waals surface area contributed by atoms with Crippen LogP contribution in [0.3, 0.4) is 0 Å². The summed E-state index contributed by atoms with van der Waals surface area (Å²) in [6.45, 7) is 8.98. The van der Waals surface area contributed by atoms with Crippen molar-refractivity contribution in [3.8, 4) is 0 Å². The summed E-state index contributed by atoms with van der Waals surface area (Å²) in [5.41, 5.74) is -0.0626. The lowest BCUT2D eigenvalue weighted by molar-refractivity contribution is -0.135. The fourth-order valence-electron chi connectivity index (χ4n) is 1.79. The Morgan fingerprint density at radius 3 is 2.20 bits per heavy atom. The van der Waals surface area contributed by atoms with Crippen molar-refractivity contribution in [3.05, 3.63) is 0 Å². The largest absolute Gasteiger partial charge is 0.340 e. The summed E-state index contributed by atoms with van der Waals surface area (Å²) in [6, 6.07) is 0. The summed E-state index contributed by atoms with van der Waals surface area (Å²) in [5.74, 6) is 0.240. The quantitative estimate of drug-likeness (QED) is 0.696. The van der Waals surface area contributed by atoms with Gasteiger partial charge < -0.3 is 4.90 Å². The third-order valence-electron chi connectivity index (χ3n) is 3.19. The van der Waals surface area contributed by atoms with E-state index in [2.05, 4.69) is 25.7 Å². The van der Waals surface area contributed by atoms with E-state index in [-0.39, 0.29) is 11.4 Å². The molecule has 0 atom stereocenters. The molecule has 1 aliphatic rings. The number of likely N-dealkylation sites (N-methyl/N-ethyl adjacent to an activating group) is 1. The van der Waals surface area contributed by atoms with Crippen LogP contribution in [0.2, 0.25) is 0 Å². The molecule has 0 aromatic carbocycles. The van der Waals surface area contributed by atoms with E-state index in [0.717, 1.165) is 13.1 Å². The zero-order valence-electron chi connectivity index (χ0n) is 10.5. The molecule has 0 radical (unpaired) electrons. The van der Waals surface area contributed by atoms with E-state index in [1.807, 2.05) is 11.9 Å². The van der Waals surface area contributed by atoms with Crippen LogP contribution >= 0.6 is 0 Å². The maximum Gasteiger partial charge on any atom is 0.236 e. The third kappa shape index (κ3) is 3.82. The summed E-state index contributed by atoms with van der Waals surface area (Å²) < 4.78 is 0. The van der Waals surface area contributed by atoms with Gasteiger partial charge in [-0.25, -0.2) is 0 Å². The first kappa shape index (κ1) is 12.5. The van der Waals surface area contributed by atoms with Crippen molar-refractivity contribution in [1.82, 2.24) is 9.80 Å². The molecule has 0 aromatic heterocycles. The lowest BCUT2D eigenvalue weighted by Gasteiger charge is -2.34. The number of likely N-dealkylation sites (tertiary alicyclic amines) is 1. The lowest BCUT2D eigenvalue weighted by atomic mass is 10.1. The van der Waals surface area contributed by atoms with Crippen LogP contribution in [0.1, 0.15) is 40.0 Å². The number of hydrogen-bond donors (Lipinski definition) is 0. The van der Waals surface area contributed by atoms with Gasteiger partial charge in [-0.2, -0.15) is 0 Å². The maximum absolute atomic E-state index is 11.9. The van der Waals surface area contributed by atoms with E-state index < -0.39 is 0 Å². The molecular weight excluding hydrogens is 188 g/mol. The average molecular weight is 212 g/mol. The van der Waals surface area contributed by atoms with Gasteiger partial charge in [-0.3, -0.25) is 9.69 Å². The molecule has 1 amide bonds. The summed E-state index contributed by atoms with van der Waals surface area (Å²) in [5, 5.41) is 0. The summed E-state index contributed by atoms with van der Waals surface area (Å²) >= 11 is 0. The molecule has 0 bridgehead atoms. The molecule has 0 N–H and O–H groups in total. The van der Waals surface area contributed by atoms with E-state index >= 15 is 0 Å². The van der Waals surface area contributed by atoms with Gasteiger partial charge in [0.1, 0.15) is 0 Å². The summed E-state index contributed by atoms with van der Waals surface area (Å²) in [6.07, 6.45) is 3.80. The van der Waals surface area contributed by atoms with Gasteiger partial charge in [0.05, 0.1) is 6.54 Å². The third-order valence-corrected chi connectivity index (χ3v) is 3.19. The Kier molecular flexibility index (Phi) is 4.14. The predicted molar refractivity (Wildman–Crippen MR) is 62.8 cm³/mol. The number of hydrogen-bond acceptors (Lipinski definition) is 2. The Balaban J connectivity index is 2.40. The molecule has 1 rings (SSSR count).